The maximum atomic E-state index is 12.9. The number of nitrogens with one attached hydrogen (secondary N) is 1. The van der Waals surface area contributed by atoms with Gasteiger partial charge in [-0.15, -0.1) is 5.10 Å². The number of halogens is 1. The van der Waals surface area contributed by atoms with Gasteiger partial charge in [0.05, 0.1) is 17.5 Å². The number of nitrogens with zero attached hydrogens (tertiary/aromatic N) is 3. The molecule has 0 aromatic heterocycles. The molecule has 0 saturated heterocycles. The molecule has 28 heavy (non-hydrogen) atoms. The van der Waals surface area contributed by atoms with Crippen LogP contribution in [-0.4, -0.2) is 28.9 Å². The highest BCUT2D eigenvalue weighted by atomic mass is 35.5. The summed E-state index contributed by atoms with van der Waals surface area (Å²) in [4.78, 5) is 17.8. The molecule has 2 heterocycles. The number of amides is 1. The second kappa shape index (κ2) is 7.85. The van der Waals surface area contributed by atoms with Crippen molar-refractivity contribution >= 4 is 40.1 Å². The van der Waals surface area contributed by atoms with Crippen molar-refractivity contribution < 1.29 is 9.53 Å². The van der Waals surface area contributed by atoms with Crippen LogP contribution in [0.15, 0.2) is 52.6 Å². The molecule has 144 valence electrons. The zero-order chi connectivity index (χ0) is 19.7. The highest BCUT2D eigenvalue weighted by molar-refractivity contribution is 8.13. The van der Waals surface area contributed by atoms with Crippen LogP contribution >= 0.6 is 23.4 Å². The van der Waals surface area contributed by atoms with Crippen molar-refractivity contribution in [1.82, 2.24) is 10.3 Å². The minimum Gasteiger partial charge on any atom is -0.495 e. The molecular weight excluding hydrogens is 396 g/mol. The molecule has 1 amide bonds. The molecule has 0 fully saturated rings. The lowest BCUT2D eigenvalue weighted by Gasteiger charge is -2.34. The Morgan fingerprint density at radius 2 is 2.11 bits per heavy atom. The third-order valence-corrected chi connectivity index (χ3v) is 5.80. The van der Waals surface area contributed by atoms with Gasteiger partial charge >= 0.3 is 0 Å². The molecule has 1 unspecified atom stereocenters. The Labute approximate surface area is 171 Å². The Kier molecular flexibility index (Phi) is 5.28. The van der Waals surface area contributed by atoms with E-state index in [0.717, 1.165) is 28.3 Å². The number of rotatable bonds is 4. The van der Waals surface area contributed by atoms with Crippen molar-refractivity contribution in [1.29, 1.82) is 0 Å². The normalized spacial score (nSPS) is 17.9. The standard InChI is InChI=1S/C20H19ClN4O2S/c1-3-10-28-20-23-19(26)17-13-6-4-5-7-15(13)22-18(25(17)24-20)12-8-9-16(27-2)14(21)11-12/h4-9,11,18H,3,10H2,1-2H3,(H,23,24,26). The van der Waals surface area contributed by atoms with E-state index in [2.05, 4.69) is 12.2 Å². The number of hydrogen-bond donors (Lipinski definition) is 1. The molecule has 0 spiro atoms. The number of para-hydroxylation sites is 1. The third kappa shape index (κ3) is 3.36. The van der Waals surface area contributed by atoms with E-state index in [-0.39, 0.29) is 5.91 Å². The molecular formula is C20H19ClN4O2S. The maximum absolute atomic E-state index is 12.9. The van der Waals surface area contributed by atoms with Crippen LogP contribution in [0.1, 0.15) is 25.1 Å². The summed E-state index contributed by atoms with van der Waals surface area (Å²) in [5.74, 6) is 1.28. The molecule has 1 N–H and O–H groups in total. The summed E-state index contributed by atoms with van der Waals surface area (Å²) >= 11 is 7.86. The van der Waals surface area contributed by atoms with E-state index >= 15 is 0 Å². The van der Waals surface area contributed by atoms with E-state index in [1.807, 2.05) is 30.3 Å². The highest BCUT2D eigenvalue weighted by Crippen LogP contribution is 2.34. The first kappa shape index (κ1) is 18.8. The first-order valence-electron chi connectivity index (χ1n) is 8.95. The summed E-state index contributed by atoms with van der Waals surface area (Å²) in [6.45, 7) is 2.09. The molecule has 2 aliphatic heterocycles. The third-order valence-electron chi connectivity index (χ3n) is 4.43. The molecule has 8 heteroatoms. The minimum absolute atomic E-state index is 0.180. The molecule has 0 aliphatic carbocycles. The summed E-state index contributed by atoms with van der Waals surface area (Å²) in [6.07, 6.45) is 0.498. The SMILES string of the molecule is CCCSC1=NN2C(=c3ccccc3=NC2c2ccc(OC)c(Cl)c2)C(=O)N1. The van der Waals surface area contributed by atoms with Gasteiger partial charge in [0.2, 0.25) is 0 Å². The molecule has 0 bridgehead atoms. The fourth-order valence-electron chi connectivity index (χ4n) is 3.15. The lowest BCUT2D eigenvalue weighted by molar-refractivity contribution is -0.116. The summed E-state index contributed by atoms with van der Waals surface area (Å²) in [5, 5.41) is 11.9. The van der Waals surface area contributed by atoms with E-state index in [4.69, 9.17) is 26.4 Å². The molecule has 1 atom stereocenters. The Morgan fingerprint density at radius 3 is 2.86 bits per heavy atom. The van der Waals surface area contributed by atoms with Crippen molar-refractivity contribution in [2.75, 3.05) is 12.9 Å². The molecule has 2 aliphatic rings. The summed E-state index contributed by atoms with van der Waals surface area (Å²) in [7, 11) is 1.57. The number of amidine groups is 1. The van der Waals surface area contributed by atoms with E-state index in [9.17, 15) is 4.79 Å². The van der Waals surface area contributed by atoms with Gasteiger partial charge in [-0.05, 0) is 24.6 Å². The van der Waals surface area contributed by atoms with Crippen LogP contribution in [0, 0.1) is 0 Å². The lowest BCUT2D eigenvalue weighted by atomic mass is 10.1. The van der Waals surface area contributed by atoms with Crippen LogP contribution < -0.4 is 20.6 Å². The monoisotopic (exact) mass is 414 g/mol. The Bertz CT molecular complexity index is 1090. The number of thioether (sulfide) groups is 1. The Balaban J connectivity index is 1.88. The fraction of sp³-hybridized carbons (Fsp3) is 0.250. The van der Waals surface area contributed by atoms with Crippen LogP contribution in [0.4, 0.5) is 0 Å². The number of carbonyl (C=O) groups is 1. The molecule has 2 aromatic rings. The van der Waals surface area contributed by atoms with Gasteiger partial charge < -0.3 is 4.74 Å². The Morgan fingerprint density at radius 1 is 1.29 bits per heavy atom. The van der Waals surface area contributed by atoms with Crippen molar-refractivity contribution in [2.24, 2.45) is 10.1 Å². The van der Waals surface area contributed by atoms with Crippen LogP contribution in [0.3, 0.4) is 0 Å². The predicted molar refractivity (Wildman–Crippen MR) is 112 cm³/mol. The van der Waals surface area contributed by atoms with Gasteiger partial charge in [0, 0.05) is 16.5 Å². The fourth-order valence-corrected chi connectivity index (χ4v) is 4.13. The van der Waals surface area contributed by atoms with Gasteiger partial charge in [0.25, 0.3) is 5.91 Å². The summed E-state index contributed by atoms with van der Waals surface area (Å²) < 4.78 is 5.25. The number of fused-ring (bicyclic) bond motifs is 2. The van der Waals surface area contributed by atoms with E-state index < -0.39 is 6.17 Å². The second-order valence-corrected chi connectivity index (χ2v) is 7.81. The van der Waals surface area contributed by atoms with Crippen LogP contribution in [0.5, 0.6) is 5.75 Å². The minimum atomic E-state index is -0.489. The highest BCUT2D eigenvalue weighted by Gasteiger charge is 2.34. The van der Waals surface area contributed by atoms with Crippen molar-refractivity contribution in [3.63, 3.8) is 0 Å². The molecule has 0 saturated carbocycles. The zero-order valence-corrected chi connectivity index (χ0v) is 17.0. The number of hydrogen-bond acceptors (Lipinski definition) is 6. The van der Waals surface area contributed by atoms with Gasteiger partial charge in [-0.2, -0.15) is 0 Å². The van der Waals surface area contributed by atoms with Crippen molar-refractivity contribution in [3.8, 4) is 5.75 Å². The largest absolute Gasteiger partial charge is 0.495 e. The number of ether oxygens (including phenoxy) is 1. The zero-order valence-electron chi connectivity index (χ0n) is 15.5. The number of benzene rings is 2. The van der Waals surface area contributed by atoms with Crippen molar-refractivity contribution in [3.05, 3.63) is 63.6 Å². The van der Waals surface area contributed by atoms with Gasteiger partial charge in [0.1, 0.15) is 11.4 Å². The first-order chi connectivity index (χ1) is 13.6. The van der Waals surface area contributed by atoms with Crippen LogP contribution in [0.25, 0.3) is 5.70 Å². The van der Waals surface area contributed by atoms with Crippen LogP contribution in [-0.2, 0) is 4.79 Å². The van der Waals surface area contributed by atoms with E-state index in [0.29, 0.717) is 21.6 Å². The predicted octanol–water partition coefficient (Wildman–Crippen LogP) is 2.63. The van der Waals surface area contributed by atoms with Gasteiger partial charge in [-0.1, -0.05) is 54.6 Å². The molecule has 2 aromatic carbocycles. The topological polar surface area (TPSA) is 66.3 Å². The van der Waals surface area contributed by atoms with Gasteiger partial charge in [0.15, 0.2) is 11.3 Å². The van der Waals surface area contributed by atoms with Gasteiger partial charge in [-0.3, -0.25) is 15.1 Å². The Hall–Kier alpha value is -2.51. The van der Waals surface area contributed by atoms with Crippen LogP contribution in [0.2, 0.25) is 5.02 Å². The lowest BCUT2D eigenvalue weighted by Crippen LogP contribution is -2.50. The summed E-state index contributed by atoms with van der Waals surface area (Å²) in [6, 6.07) is 13.1. The molecule has 4 rings (SSSR count). The number of hydrazone groups is 1. The van der Waals surface area contributed by atoms with E-state index in [1.54, 1.807) is 24.3 Å². The number of carbonyl (C=O) groups excluding carboxylic acids is 1. The van der Waals surface area contributed by atoms with E-state index in [1.165, 1.54) is 11.8 Å². The number of methoxy groups -OCH3 is 1. The second-order valence-electron chi connectivity index (χ2n) is 6.31. The quantitative estimate of drug-likeness (QED) is 0.835. The van der Waals surface area contributed by atoms with Crippen molar-refractivity contribution in [2.45, 2.75) is 19.5 Å². The average Bonchev–Trinajstić information content (AvgIpc) is 2.71. The first-order valence-corrected chi connectivity index (χ1v) is 10.3. The summed E-state index contributed by atoms with van der Waals surface area (Å²) in [5.41, 5.74) is 1.32. The van der Waals surface area contributed by atoms with Gasteiger partial charge in [-0.25, -0.2) is 5.01 Å². The molecule has 6 nitrogen and oxygen atoms in total. The molecule has 0 radical (unpaired) electrons. The average molecular weight is 415 g/mol. The smallest absolute Gasteiger partial charge is 0.276 e. The maximum Gasteiger partial charge on any atom is 0.276 e.